The number of amides is 4. The average molecular weight is 417 g/mol. The first kappa shape index (κ1) is 26.3. The monoisotopic (exact) mass is 417 g/mol. The van der Waals surface area contributed by atoms with E-state index in [4.69, 9.17) is 16.6 Å². The second-order valence-corrected chi connectivity index (χ2v) is 7.28. The van der Waals surface area contributed by atoms with Gasteiger partial charge in [0.15, 0.2) is 6.04 Å². The maximum absolute atomic E-state index is 12.6. The Morgan fingerprint density at radius 2 is 1.34 bits per heavy atom. The number of hydrogen-bond acceptors (Lipinski definition) is 7. The highest BCUT2D eigenvalue weighted by Gasteiger charge is 2.32. The molecule has 4 amide bonds. The van der Waals surface area contributed by atoms with Gasteiger partial charge in [-0.3, -0.25) is 19.2 Å². The maximum Gasteiger partial charge on any atom is 0.328 e. The molecule has 0 aromatic rings. The predicted molar refractivity (Wildman–Crippen MR) is 102 cm³/mol. The average Bonchev–Trinajstić information content (AvgIpc) is 2.56. The van der Waals surface area contributed by atoms with E-state index in [0.29, 0.717) is 0 Å². The van der Waals surface area contributed by atoms with Gasteiger partial charge in [-0.15, -0.1) is 0 Å². The minimum absolute atomic E-state index is 0.0749. The zero-order chi connectivity index (χ0) is 22.9. The number of primary amides is 1. The number of nitrogens with two attached hydrogens (primary N) is 2. The smallest absolute Gasteiger partial charge is 0.328 e. The van der Waals surface area contributed by atoms with E-state index in [2.05, 4.69) is 16.0 Å². The van der Waals surface area contributed by atoms with E-state index < -0.39 is 66.3 Å². The van der Waals surface area contributed by atoms with Gasteiger partial charge in [0.05, 0.1) is 18.6 Å². The van der Waals surface area contributed by atoms with Gasteiger partial charge in [0.1, 0.15) is 12.1 Å². The molecule has 0 fully saturated rings. The Hall–Kier alpha value is -2.73. The molecule has 0 aromatic carbocycles. The number of carbonyl (C=O) groups excluding carboxylic acids is 4. The van der Waals surface area contributed by atoms with E-state index in [1.54, 1.807) is 13.8 Å². The highest BCUT2D eigenvalue weighted by molar-refractivity contribution is 5.96. The second-order valence-electron chi connectivity index (χ2n) is 7.28. The first-order valence-electron chi connectivity index (χ1n) is 9.12. The molecular weight excluding hydrogens is 386 g/mol. The summed E-state index contributed by atoms with van der Waals surface area (Å²) < 4.78 is 0. The minimum atomic E-state index is -1.58. The van der Waals surface area contributed by atoms with Crippen molar-refractivity contribution in [3.05, 3.63) is 0 Å². The maximum atomic E-state index is 12.6. The van der Waals surface area contributed by atoms with Crippen LogP contribution in [0.3, 0.4) is 0 Å². The van der Waals surface area contributed by atoms with E-state index in [1.165, 1.54) is 13.8 Å². The van der Waals surface area contributed by atoms with Crippen LogP contribution < -0.4 is 27.4 Å². The molecule has 12 nitrogen and oxygen atoms in total. The largest absolute Gasteiger partial charge is 0.480 e. The van der Waals surface area contributed by atoms with Gasteiger partial charge in [-0.1, -0.05) is 13.8 Å². The lowest BCUT2D eigenvalue weighted by atomic mass is 10.0. The van der Waals surface area contributed by atoms with Crippen LogP contribution in [-0.2, 0) is 24.0 Å². The van der Waals surface area contributed by atoms with E-state index in [1.807, 2.05) is 0 Å². The lowest BCUT2D eigenvalue weighted by Crippen LogP contribution is -2.58. The predicted octanol–water partition coefficient (Wildman–Crippen LogP) is -2.83. The van der Waals surface area contributed by atoms with E-state index in [9.17, 15) is 29.1 Å². The van der Waals surface area contributed by atoms with Gasteiger partial charge in [-0.25, -0.2) is 4.79 Å². The minimum Gasteiger partial charge on any atom is -0.480 e. The molecular formula is C17H31N5O7. The number of aliphatic hydroxyl groups is 1. The van der Waals surface area contributed by atoms with Gasteiger partial charge in [0.25, 0.3) is 0 Å². The molecule has 0 saturated carbocycles. The van der Waals surface area contributed by atoms with E-state index in [0.717, 1.165) is 0 Å². The molecule has 5 unspecified atom stereocenters. The third kappa shape index (κ3) is 9.85. The number of aliphatic hydroxyl groups excluding tert-OH is 1. The van der Waals surface area contributed by atoms with Crippen LogP contribution in [0.25, 0.3) is 0 Å². The fraction of sp³-hybridized carbons (Fsp3) is 0.706. The van der Waals surface area contributed by atoms with Crippen LogP contribution in [0.5, 0.6) is 0 Å². The summed E-state index contributed by atoms with van der Waals surface area (Å²) in [6, 6.07) is -5.06. The summed E-state index contributed by atoms with van der Waals surface area (Å²) in [6.07, 6.45) is -1.76. The molecule has 9 N–H and O–H groups in total. The zero-order valence-electron chi connectivity index (χ0n) is 17.0. The molecule has 5 atom stereocenters. The Morgan fingerprint density at radius 3 is 1.72 bits per heavy atom. The van der Waals surface area contributed by atoms with Gasteiger partial charge in [0.2, 0.25) is 23.6 Å². The van der Waals surface area contributed by atoms with E-state index in [-0.39, 0.29) is 12.3 Å². The van der Waals surface area contributed by atoms with Crippen LogP contribution in [-0.4, -0.2) is 70.1 Å². The summed E-state index contributed by atoms with van der Waals surface area (Å²) in [7, 11) is 0. The molecule has 0 saturated heterocycles. The zero-order valence-corrected chi connectivity index (χ0v) is 17.0. The van der Waals surface area contributed by atoms with Crippen molar-refractivity contribution in [1.82, 2.24) is 16.0 Å². The molecule has 0 rings (SSSR count). The molecule has 0 bridgehead atoms. The lowest BCUT2D eigenvalue weighted by Gasteiger charge is -2.26. The molecule has 0 aliphatic heterocycles. The SMILES string of the molecule is CC(C)CC(NC(=O)C(CC(N)=O)NC(=O)C(C)N)C(=O)NC(C(=O)O)C(C)O. The highest BCUT2D eigenvalue weighted by atomic mass is 16.4. The van der Waals surface area contributed by atoms with Crippen molar-refractivity contribution in [2.45, 2.75) is 70.8 Å². The van der Waals surface area contributed by atoms with E-state index >= 15 is 0 Å². The second kappa shape index (κ2) is 12.0. The number of nitrogens with one attached hydrogen (secondary N) is 3. The fourth-order valence-corrected chi connectivity index (χ4v) is 2.33. The number of carbonyl (C=O) groups is 5. The standard InChI is InChI=1S/C17H31N5O7/c1-7(2)5-10(16(27)22-13(9(4)23)17(28)29)21-15(26)11(6-12(19)24)20-14(25)8(3)18/h7-11,13,23H,5-6,18H2,1-4H3,(H2,19,24)(H,20,25)(H,21,26)(H,22,27)(H,28,29). The Labute approximate surface area is 168 Å². The van der Waals surface area contributed by atoms with Crippen molar-refractivity contribution >= 4 is 29.6 Å². The Bertz CT molecular complexity index is 621. The third-order valence-corrected chi connectivity index (χ3v) is 3.84. The lowest BCUT2D eigenvalue weighted by molar-refractivity contribution is -0.145. The van der Waals surface area contributed by atoms with Crippen LogP contribution in [0.2, 0.25) is 0 Å². The van der Waals surface area contributed by atoms with Crippen molar-refractivity contribution in [3.8, 4) is 0 Å². The molecule has 0 aromatic heterocycles. The number of carboxylic acid groups (broad SMARTS) is 1. The molecule has 0 radical (unpaired) electrons. The first-order valence-corrected chi connectivity index (χ1v) is 9.12. The molecule has 12 heteroatoms. The molecule has 0 aliphatic carbocycles. The normalized spacial score (nSPS) is 16.1. The summed E-state index contributed by atoms with van der Waals surface area (Å²) in [4.78, 5) is 59.3. The quantitative estimate of drug-likeness (QED) is 0.175. The molecule has 0 spiro atoms. The third-order valence-electron chi connectivity index (χ3n) is 3.84. The van der Waals surface area contributed by atoms with Crippen molar-refractivity contribution in [3.63, 3.8) is 0 Å². The van der Waals surface area contributed by atoms with Gasteiger partial charge in [-0.2, -0.15) is 0 Å². The van der Waals surface area contributed by atoms with Crippen molar-refractivity contribution in [2.75, 3.05) is 0 Å². The first-order chi connectivity index (χ1) is 13.3. The Balaban J connectivity index is 5.45. The van der Waals surface area contributed by atoms with Crippen LogP contribution >= 0.6 is 0 Å². The molecule has 0 heterocycles. The molecule has 166 valence electrons. The van der Waals surface area contributed by atoms with Crippen molar-refractivity contribution in [2.24, 2.45) is 17.4 Å². The Morgan fingerprint density at radius 1 is 0.862 bits per heavy atom. The highest BCUT2D eigenvalue weighted by Crippen LogP contribution is 2.07. The number of hydrogen-bond donors (Lipinski definition) is 7. The van der Waals surface area contributed by atoms with Gasteiger partial charge in [0, 0.05) is 0 Å². The van der Waals surface area contributed by atoms with Gasteiger partial charge >= 0.3 is 5.97 Å². The van der Waals surface area contributed by atoms with Crippen LogP contribution in [0.1, 0.15) is 40.5 Å². The van der Waals surface area contributed by atoms with Gasteiger partial charge in [-0.05, 0) is 26.2 Å². The van der Waals surface area contributed by atoms with Crippen LogP contribution in [0.15, 0.2) is 0 Å². The summed E-state index contributed by atoms with van der Waals surface area (Å²) in [6.45, 7) is 6.12. The van der Waals surface area contributed by atoms with Crippen LogP contribution in [0.4, 0.5) is 0 Å². The summed E-state index contributed by atoms with van der Waals surface area (Å²) in [5.74, 6) is -4.77. The number of rotatable bonds is 12. The molecule has 29 heavy (non-hydrogen) atoms. The van der Waals surface area contributed by atoms with Crippen molar-refractivity contribution in [1.29, 1.82) is 0 Å². The number of carboxylic acids is 1. The molecule has 0 aliphatic rings. The van der Waals surface area contributed by atoms with Gasteiger partial charge < -0.3 is 37.6 Å². The fourth-order valence-electron chi connectivity index (χ4n) is 2.33. The number of aliphatic carboxylic acids is 1. The summed E-state index contributed by atoms with van der Waals surface area (Å²) in [5.41, 5.74) is 10.6. The summed E-state index contributed by atoms with van der Waals surface area (Å²) >= 11 is 0. The Kier molecular flexibility index (Phi) is 10.8. The summed E-state index contributed by atoms with van der Waals surface area (Å²) in [5, 5.41) is 25.5. The van der Waals surface area contributed by atoms with Crippen molar-refractivity contribution < 1.29 is 34.2 Å². The topological polar surface area (TPSA) is 214 Å². The van der Waals surface area contributed by atoms with Crippen LogP contribution in [0, 0.1) is 5.92 Å².